The van der Waals surface area contributed by atoms with Crippen LogP contribution in [-0.2, 0) is 6.54 Å². The Labute approximate surface area is 165 Å². The van der Waals surface area contributed by atoms with Gasteiger partial charge < -0.3 is 9.84 Å². The van der Waals surface area contributed by atoms with E-state index < -0.39 is 0 Å². The van der Waals surface area contributed by atoms with E-state index in [0.717, 1.165) is 53.1 Å². The topological polar surface area (TPSA) is 57.4 Å². The molecule has 0 bridgehead atoms. The van der Waals surface area contributed by atoms with Gasteiger partial charge in [0, 0.05) is 22.9 Å². The van der Waals surface area contributed by atoms with Crippen LogP contribution in [0.2, 0.25) is 0 Å². The summed E-state index contributed by atoms with van der Waals surface area (Å²) >= 11 is 0. The molecule has 1 aliphatic rings. The van der Waals surface area contributed by atoms with Gasteiger partial charge in [0.25, 0.3) is 0 Å². The molecule has 1 N–H and O–H groups in total. The number of likely N-dealkylation sites (tertiary alicyclic amines) is 1. The van der Waals surface area contributed by atoms with Crippen molar-refractivity contribution in [1.29, 1.82) is 0 Å². The van der Waals surface area contributed by atoms with Crippen molar-refractivity contribution in [3.05, 3.63) is 60.2 Å². The highest BCUT2D eigenvalue weighted by atomic mass is 16.5. The number of nitrogens with zero attached hydrogens (tertiary/aromatic N) is 3. The average molecular weight is 375 g/mol. The van der Waals surface area contributed by atoms with E-state index in [2.05, 4.69) is 15.1 Å². The predicted molar refractivity (Wildman–Crippen MR) is 112 cm³/mol. The number of hydrogen-bond acceptors (Lipinski definition) is 5. The molecular weight excluding hydrogens is 350 g/mol. The SMILES string of the molecule is COc1ccc(N=Nc2cc(CN3CCCCC3)c(O)c3ccccc23)cc1. The zero-order valence-corrected chi connectivity index (χ0v) is 16.1. The summed E-state index contributed by atoms with van der Waals surface area (Å²) < 4.78 is 5.19. The fourth-order valence-electron chi connectivity index (χ4n) is 3.72. The van der Waals surface area contributed by atoms with Crippen molar-refractivity contribution in [2.45, 2.75) is 25.8 Å². The molecule has 0 atom stereocenters. The summed E-state index contributed by atoms with van der Waals surface area (Å²) in [5.74, 6) is 1.14. The van der Waals surface area contributed by atoms with Crippen molar-refractivity contribution >= 4 is 22.1 Å². The van der Waals surface area contributed by atoms with Gasteiger partial charge in [0.1, 0.15) is 11.5 Å². The number of azo groups is 1. The Bertz CT molecular complexity index is 977. The molecule has 4 rings (SSSR count). The van der Waals surface area contributed by atoms with Crippen molar-refractivity contribution < 1.29 is 9.84 Å². The van der Waals surface area contributed by atoms with E-state index in [1.165, 1.54) is 19.3 Å². The maximum absolute atomic E-state index is 10.8. The summed E-state index contributed by atoms with van der Waals surface area (Å²) in [5, 5.41) is 21.5. The minimum atomic E-state index is 0.351. The van der Waals surface area contributed by atoms with Crippen LogP contribution in [0.4, 0.5) is 11.4 Å². The molecule has 5 nitrogen and oxygen atoms in total. The van der Waals surface area contributed by atoms with Crippen molar-refractivity contribution in [1.82, 2.24) is 4.90 Å². The first-order chi connectivity index (χ1) is 13.7. The molecule has 1 aliphatic heterocycles. The molecule has 1 saturated heterocycles. The van der Waals surface area contributed by atoms with E-state index in [0.29, 0.717) is 5.75 Å². The Morgan fingerprint density at radius 1 is 0.929 bits per heavy atom. The first-order valence-electron chi connectivity index (χ1n) is 9.76. The minimum absolute atomic E-state index is 0.351. The van der Waals surface area contributed by atoms with Crippen LogP contribution in [0.15, 0.2) is 64.8 Å². The molecule has 144 valence electrons. The van der Waals surface area contributed by atoms with Crippen LogP contribution in [0.5, 0.6) is 11.5 Å². The number of hydrogen-bond donors (Lipinski definition) is 1. The first-order valence-corrected chi connectivity index (χ1v) is 9.76. The second-order valence-electron chi connectivity index (χ2n) is 7.18. The lowest BCUT2D eigenvalue weighted by Crippen LogP contribution is -2.29. The molecule has 0 aliphatic carbocycles. The van der Waals surface area contributed by atoms with Gasteiger partial charge in [-0.25, -0.2) is 0 Å². The number of methoxy groups -OCH3 is 1. The largest absolute Gasteiger partial charge is 0.507 e. The van der Waals surface area contributed by atoms with E-state index in [4.69, 9.17) is 4.74 Å². The van der Waals surface area contributed by atoms with Crippen molar-refractivity contribution in [2.75, 3.05) is 20.2 Å². The van der Waals surface area contributed by atoms with Gasteiger partial charge in [-0.3, -0.25) is 4.90 Å². The van der Waals surface area contributed by atoms with E-state index in [1.807, 2.05) is 54.6 Å². The Kier molecular flexibility index (Phi) is 5.53. The van der Waals surface area contributed by atoms with E-state index >= 15 is 0 Å². The van der Waals surface area contributed by atoms with Gasteiger partial charge in [0.15, 0.2) is 0 Å². The zero-order chi connectivity index (χ0) is 19.3. The lowest BCUT2D eigenvalue weighted by atomic mass is 10.0. The number of phenolic OH excluding ortho intramolecular Hbond substituents is 1. The van der Waals surface area contributed by atoms with E-state index in [1.54, 1.807) is 7.11 Å². The molecule has 0 aromatic heterocycles. The van der Waals surface area contributed by atoms with E-state index in [9.17, 15) is 5.11 Å². The molecule has 1 heterocycles. The van der Waals surface area contributed by atoms with Gasteiger partial charge >= 0.3 is 0 Å². The molecule has 3 aromatic carbocycles. The van der Waals surface area contributed by atoms with Crippen LogP contribution in [0, 0.1) is 0 Å². The first kappa shape index (κ1) is 18.4. The van der Waals surface area contributed by atoms with Gasteiger partial charge in [-0.05, 0) is 56.3 Å². The number of benzene rings is 3. The molecule has 0 amide bonds. The molecule has 0 spiro atoms. The predicted octanol–water partition coefficient (Wildman–Crippen LogP) is 5.96. The van der Waals surface area contributed by atoms with Crippen LogP contribution in [0.1, 0.15) is 24.8 Å². The third-order valence-corrected chi connectivity index (χ3v) is 5.26. The molecule has 3 aromatic rings. The summed E-state index contributed by atoms with van der Waals surface area (Å²) in [4.78, 5) is 2.40. The van der Waals surface area contributed by atoms with Crippen LogP contribution < -0.4 is 4.74 Å². The fraction of sp³-hybridized carbons (Fsp3) is 0.304. The highest BCUT2D eigenvalue weighted by Crippen LogP contribution is 2.37. The third-order valence-electron chi connectivity index (χ3n) is 5.26. The summed E-state index contributed by atoms with van der Waals surface area (Å²) in [6.45, 7) is 2.89. The highest BCUT2D eigenvalue weighted by Gasteiger charge is 2.16. The monoisotopic (exact) mass is 375 g/mol. The maximum atomic E-state index is 10.8. The molecular formula is C23H25N3O2. The van der Waals surface area contributed by atoms with Crippen LogP contribution in [0.3, 0.4) is 0 Å². The second-order valence-corrected chi connectivity index (χ2v) is 7.18. The zero-order valence-electron chi connectivity index (χ0n) is 16.1. The lowest BCUT2D eigenvalue weighted by Gasteiger charge is -2.27. The highest BCUT2D eigenvalue weighted by molar-refractivity contribution is 5.97. The maximum Gasteiger partial charge on any atom is 0.128 e. The molecule has 0 radical (unpaired) electrons. The Morgan fingerprint density at radius 3 is 2.36 bits per heavy atom. The van der Waals surface area contributed by atoms with Crippen LogP contribution in [-0.4, -0.2) is 30.2 Å². The Morgan fingerprint density at radius 2 is 1.64 bits per heavy atom. The number of aromatic hydroxyl groups is 1. The Hall–Kier alpha value is -2.92. The van der Waals surface area contributed by atoms with Gasteiger partial charge in [-0.1, -0.05) is 30.7 Å². The number of piperidine rings is 1. The van der Waals surface area contributed by atoms with Gasteiger partial charge in [0.05, 0.1) is 18.5 Å². The van der Waals surface area contributed by atoms with Gasteiger partial charge in [0.2, 0.25) is 0 Å². The lowest BCUT2D eigenvalue weighted by molar-refractivity contribution is 0.219. The molecule has 5 heteroatoms. The summed E-state index contributed by atoms with van der Waals surface area (Å²) in [7, 11) is 1.64. The molecule has 1 fully saturated rings. The van der Waals surface area contributed by atoms with Crippen LogP contribution >= 0.6 is 0 Å². The number of fused-ring (bicyclic) bond motifs is 1. The number of phenols is 1. The smallest absolute Gasteiger partial charge is 0.128 e. The number of rotatable bonds is 5. The van der Waals surface area contributed by atoms with Gasteiger partial charge in [-0.2, -0.15) is 5.11 Å². The van der Waals surface area contributed by atoms with E-state index in [-0.39, 0.29) is 0 Å². The second kappa shape index (κ2) is 8.40. The normalized spacial score (nSPS) is 15.3. The molecule has 28 heavy (non-hydrogen) atoms. The third kappa shape index (κ3) is 3.99. The minimum Gasteiger partial charge on any atom is -0.507 e. The molecule has 0 unspecified atom stereocenters. The Balaban J connectivity index is 1.69. The van der Waals surface area contributed by atoms with Crippen molar-refractivity contribution in [3.8, 4) is 11.5 Å². The number of ether oxygens (including phenoxy) is 1. The average Bonchev–Trinajstić information content (AvgIpc) is 2.76. The molecule has 0 saturated carbocycles. The summed E-state index contributed by atoms with van der Waals surface area (Å²) in [6.07, 6.45) is 3.73. The van der Waals surface area contributed by atoms with Crippen LogP contribution in [0.25, 0.3) is 10.8 Å². The van der Waals surface area contributed by atoms with Crippen molar-refractivity contribution in [2.24, 2.45) is 10.2 Å². The van der Waals surface area contributed by atoms with Gasteiger partial charge in [-0.15, -0.1) is 5.11 Å². The quantitative estimate of drug-likeness (QED) is 0.560. The standard InChI is InChI=1S/C23H25N3O2/c1-28-19-11-9-18(10-12-19)24-25-22-15-17(16-26-13-5-2-6-14-26)23(27)21-8-4-3-7-20(21)22/h3-4,7-12,15,27H,2,5-6,13-14,16H2,1H3. The summed E-state index contributed by atoms with van der Waals surface area (Å²) in [6, 6.07) is 17.3. The fourth-order valence-corrected chi connectivity index (χ4v) is 3.72. The van der Waals surface area contributed by atoms with Crippen molar-refractivity contribution in [3.63, 3.8) is 0 Å². The summed E-state index contributed by atoms with van der Waals surface area (Å²) in [5.41, 5.74) is 2.44.